The Morgan fingerprint density at radius 3 is 2.33 bits per heavy atom. The van der Waals surface area contributed by atoms with Crippen molar-refractivity contribution in [2.24, 2.45) is 11.1 Å². The second kappa shape index (κ2) is 5.91. The number of amides is 1. The average Bonchev–Trinajstić information content (AvgIpc) is 2.37. The van der Waals surface area contributed by atoms with E-state index in [4.69, 9.17) is 5.73 Å². The summed E-state index contributed by atoms with van der Waals surface area (Å²) in [6, 6.07) is 3.26. The third-order valence-electron chi connectivity index (χ3n) is 3.40. The Morgan fingerprint density at radius 1 is 1.28 bits per heavy atom. The van der Waals surface area contributed by atoms with Gasteiger partial charge in [0.25, 0.3) is 0 Å². The molecule has 1 amide bonds. The van der Waals surface area contributed by atoms with E-state index in [0.717, 1.165) is 12.1 Å². The monoisotopic (exact) mass is 256 g/mol. The lowest BCUT2D eigenvalue weighted by Crippen LogP contribution is -2.41. The molecule has 0 aliphatic rings. The Morgan fingerprint density at radius 2 is 1.89 bits per heavy atom. The minimum atomic E-state index is -0.987. The molecule has 1 aromatic rings. The van der Waals surface area contributed by atoms with Gasteiger partial charge < -0.3 is 11.1 Å². The largest absolute Gasteiger partial charge is 0.329 e. The van der Waals surface area contributed by atoms with Crippen molar-refractivity contribution in [1.82, 2.24) is 0 Å². The molecule has 0 atom stereocenters. The lowest BCUT2D eigenvalue weighted by atomic mass is 9.81. The summed E-state index contributed by atoms with van der Waals surface area (Å²) >= 11 is 0. The summed E-state index contributed by atoms with van der Waals surface area (Å²) in [5.41, 5.74) is 5.22. The molecule has 0 saturated heterocycles. The molecule has 0 fully saturated rings. The summed E-state index contributed by atoms with van der Waals surface area (Å²) in [6.45, 7) is 3.97. The van der Waals surface area contributed by atoms with Crippen LogP contribution in [0, 0.1) is 17.0 Å². The van der Waals surface area contributed by atoms with E-state index in [1.807, 2.05) is 13.8 Å². The summed E-state index contributed by atoms with van der Waals surface area (Å²) in [6.07, 6.45) is 1.19. The highest BCUT2D eigenvalue weighted by Crippen LogP contribution is 2.27. The maximum Gasteiger partial charge on any atom is 0.231 e. The molecule has 0 bridgehead atoms. The number of nitrogens with one attached hydrogen (secondary N) is 1. The van der Waals surface area contributed by atoms with Gasteiger partial charge in [0.05, 0.1) is 5.41 Å². The van der Waals surface area contributed by atoms with E-state index in [1.54, 1.807) is 0 Å². The van der Waals surface area contributed by atoms with Crippen molar-refractivity contribution < 1.29 is 13.6 Å². The topological polar surface area (TPSA) is 55.1 Å². The first kappa shape index (κ1) is 14.6. The van der Waals surface area contributed by atoms with Crippen molar-refractivity contribution in [2.45, 2.75) is 26.7 Å². The Balaban J connectivity index is 2.89. The molecule has 3 N–H and O–H groups in total. The summed E-state index contributed by atoms with van der Waals surface area (Å²) in [5.74, 6) is -2.19. The van der Waals surface area contributed by atoms with Gasteiger partial charge in [-0.05, 0) is 25.0 Å². The Labute approximate surface area is 105 Å². The van der Waals surface area contributed by atoms with Gasteiger partial charge in [-0.15, -0.1) is 0 Å². The Kier molecular flexibility index (Phi) is 4.78. The molecule has 18 heavy (non-hydrogen) atoms. The Hall–Kier alpha value is -1.49. The van der Waals surface area contributed by atoms with Crippen molar-refractivity contribution in [3.63, 3.8) is 0 Å². The SMILES string of the molecule is CCC(CC)(CN)C(=O)Nc1ccc(F)c(F)c1. The maximum atomic E-state index is 13.0. The normalized spacial score (nSPS) is 11.4. The number of hydrogen-bond donors (Lipinski definition) is 2. The fourth-order valence-electron chi connectivity index (χ4n) is 1.79. The third kappa shape index (κ3) is 2.85. The van der Waals surface area contributed by atoms with Crippen LogP contribution in [0.1, 0.15) is 26.7 Å². The average molecular weight is 256 g/mol. The van der Waals surface area contributed by atoms with Crippen molar-refractivity contribution in [2.75, 3.05) is 11.9 Å². The fraction of sp³-hybridized carbons (Fsp3) is 0.462. The van der Waals surface area contributed by atoms with Crippen molar-refractivity contribution in [1.29, 1.82) is 0 Å². The molecule has 0 aliphatic heterocycles. The van der Waals surface area contributed by atoms with Crippen LogP contribution in [0.4, 0.5) is 14.5 Å². The number of halogens is 2. The fourth-order valence-corrected chi connectivity index (χ4v) is 1.79. The van der Waals surface area contributed by atoms with Crippen LogP contribution in [0.25, 0.3) is 0 Å². The zero-order valence-corrected chi connectivity index (χ0v) is 10.6. The third-order valence-corrected chi connectivity index (χ3v) is 3.40. The quantitative estimate of drug-likeness (QED) is 0.851. The van der Waals surface area contributed by atoms with E-state index in [1.165, 1.54) is 6.07 Å². The minimum Gasteiger partial charge on any atom is -0.329 e. The van der Waals surface area contributed by atoms with Crippen LogP contribution in [-0.4, -0.2) is 12.5 Å². The van der Waals surface area contributed by atoms with Gasteiger partial charge in [0.2, 0.25) is 5.91 Å². The van der Waals surface area contributed by atoms with E-state index in [2.05, 4.69) is 5.32 Å². The second-order valence-electron chi connectivity index (χ2n) is 4.27. The van der Waals surface area contributed by atoms with Gasteiger partial charge in [0.15, 0.2) is 11.6 Å². The first-order valence-corrected chi connectivity index (χ1v) is 5.95. The molecule has 0 spiro atoms. The number of rotatable bonds is 5. The van der Waals surface area contributed by atoms with Gasteiger partial charge >= 0.3 is 0 Å². The van der Waals surface area contributed by atoms with Gasteiger partial charge in [-0.25, -0.2) is 8.78 Å². The van der Waals surface area contributed by atoms with Crippen molar-refractivity contribution in [3.8, 4) is 0 Å². The highest BCUT2D eigenvalue weighted by Gasteiger charge is 2.33. The molecule has 0 aromatic heterocycles. The van der Waals surface area contributed by atoms with E-state index in [0.29, 0.717) is 12.8 Å². The minimum absolute atomic E-state index is 0.218. The van der Waals surface area contributed by atoms with E-state index in [9.17, 15) is 13.6 Å². The molecule has 5 heteroatoms. The maximum absolute atomic E-state index is 13.0. The van der Waals surface area contributed by atoms with Gasteiger partial charge in [-0.1, -0.05) is 13.8 Å². The molecule has 0 radical (unpaired) electrons. The van der Waals surface area contributed by atoms with Crippen LogP contribution in [0.2, 0.25) is 0 Å². The lowest BCUT2D eigenvalue weighted by molar-refractivity contribution is -0.125. The standard InChI is InChI=1S/C13H18F2N2O/c1-3-13(4-2,8-16)12(18)17-9-5-6-10(14)11(15)7-9/h5-7H,3-4,8,16H2,1-2H3,(H,17,18). The summed E-state index contributed by atoms with van der Waals surface area (Å²) in [7, 11) is 0. The highest BCUT2D eigenvalue weighted by atomic mass is 19.2. The number of carbonyl (C=O) groups is 1. The molecular weight excluding hydrogens is 238 g/mol. The van der Waals surface area contributed by atoms with Crippen LogP contribution in [0.3, 0.4) is 0 Å². The zero-order chi connectivity index (χ0) is 13.8. The number of anilines is 1. The predicted octanol–water partition coefficient (Wildman–Crippen LogP) is 2.67. The molecule has 100 valence electrons. The van der Waals surface area contributed by atoms with E-state index in [-0.39, 0.29) is 18.1 Å². The van der Waals surface area contributed by atoms with Crippen LogP contribution in [0.15, 0.2) is 18.2 Å². The van der Waals surface area contributed by atoms with E-state index < -0.39 is 17.0 Å². The molecular formula is C13H18F2N2O. The van der Waals surface area contributed by atoms with Crippen molar-refractivity contribution >= 4 is 11.6 Å². The molecule has 0 aliphatic carbocycles. The van der Waals surface area contributed by atoms with E-state index >= 15 is 0 Å². The van der Waals surface area contributed by atoms with Gasteiger partial charge in [0.1, 0.15) is 0 Å². The number of carbonyl (C=O) groups excluding carboxylic acids is 1. The lowest BCUT2D eigenvalue weighted by Gasteiger charge is -2.28. The van der Waals surface area contributed by atoms with Gasteiger partial charge in [-0.2, -0.15) is 0 Å². The highest BCUT2D eigenvalue weighted by molar-refractivity contribution is 5.95. The van der Waals surface area contributed by atoms with Gasteiger partial charge in [0, 0.05) is 18.3 Å². The van der Waals surface area contributed by atoms with Crippen LogP contribution in [-0.2, 0) is 4.79 Å². The van der Waals surface area contributed by atoms with Crippen LogP contribution in [0.5, 0.6) is 0 Å². The molecule has 0 saturated carbocycles. The molecule has 1 aromatic carbocycles. The number of benzene rings is 1. The first-order chi connectivity index (χ1) is 8.49. The van der Waals surface area contributed by atoms with Crippen molar-refractivity contribution in [3.05, 3.63) is 29.8 Å². The predicted molar refractivity (Wildman–Crippen MR) is 67.1 cm³/mol. The Bertz CT molecular complexity index is 423. The molecule has 0 heterocycles. The number of hydrogen-bond acceptors (Lipinski definition) is 2. The molecule has 1 rings (SSSR count). The summed E-state index contributed by atoms with van der Waals surface area (Å²) < 4.78 is 25.8. The van der Waals surface area contributed by atoms with Crippen LogP contribution < -0.4 is 11.1 Å². The molecule has 0 unspecified atom stereocenters. The number of nitrogens with two attached hydrogens (primary N) is 1. The molecule has 3 nitrogen and oxygen atoms in total. The van der Waals surface area contributed by atoms with Crippen LogP contribution >= 0.6 is 0 Å². The smallest absolute Gasteiger partial charge is 0.231 e. The first-order valence-electron chi connectivity index (χ1n) is 5.95. The second-order valence-corrected chi connectivity index (χ2v) is 4.27. The summed E-state index contributed by atoms with van der Waals surface area (Å²) in [4.78, 5) is 12.1. The summed E-state index contributed by atoms with van der Waals surface area (Å²) in [5, 5.41) is 2.58. The van der Waals surface area contributed by atoms with Gasteiger partial charge in [-0.3, -0.25) is 4.79 Å². The zero-order valence-electron chi connectivity index (χ0n) is 10.6.